The number of alkyl halides is 3. The van der Waals surface area contributed by atoms with Gasteiger partial charge in [0.1, 0.15) is 5.75 Å². The molecule has 0 bridgehead atoms. The Labute approximate surface area is 122 Å². The van der Waals surface area contributed by atoms with Gasteiger partial charge in [0, 0.05) is 0 Å². The van der Waals surface area contributed by atoms with Gasteiger partial charge in [-0.25, -0.2) is 0 Å². The molecular formula is C14H18BF3O3. The Morgan fingerprint density at radius 1 is 1.05 bits per heavy atom. The average molecular weight is 302 g/mol. The largest absolute Gasteiger partial charge is 0.496 e. The summed E-state index contributed by atoms with van der Waals surface area (Å²) in [5.41, 5.74) is -1.41. The van der Waals surface area contributed by atoms with Crippen LogP contribution in [-0.2, 0) is 15.5 Å². The number of methoxy groups -OCH3 is 1. The number of halogens is 3. The van der Waals surface area contributed by atoms with Crippen LogP contribution in [0.15, 0.2) is 18.2 Å². The standard InChI is InChI=1S/C14H18BF3O3/c1-12(2)13(3,4)21-15(20-12)9-6-7-10(14(16,17)18)11(8-9)19-5/h6-8H,1-5H3. The van der Waals surface area contributed by atoms with Crippen LogP contribution in [0, 0.1) is 0 Å². The summed E-state index contributed by atoms with van der Waals surface area (Å²) in [5, 5.41) is 0. The van der Waals surface area contributed by atoms with Gasteiger partial charge in [-0.15, -0.1) is 0 Å². The number of ether oxygens (including phenoxy) is 1. The Balaban J connectivity index is 2.36. The summed E-state index contributed by atoms with van der Waals surface area (Å²) in [6, 6.07) is 3.65. The Bertz CT molecular complexity index is 525. The number of hydrogen-bond donors (Lipinski definition) is 0. The van der Waals surface area contributed by atoms with Crippen LogP contribution in [0.3, 0.4) is 0 Å². The van der Waals surface area contributed by atoms with Crippen LogP contribution >= 0.6 is 0 Å². The van der Waals surface area contributed by atoms with Gasteiger partial charge in [0.25, 0.3) is 0 Å². The molecule has 0 N–H and O–H groups in total. The van der Waals surface area contributed by atoms with Crippen LogP contribution in [0.4, 0.5) is 13.2 Å². The van der Waals surface area contributed by atoms with Gasteiger partial charge in [0.05, 0.1) is 23.9 Å². The zero-order chi connectivity index (χ0) is 16.1. The molecule has 1 aliphatic heterocycles. The minimum absolute atomic E-state index is 0.241. The molecule has 3 nitrogen and oxygen atoms in total. The summed E-state index contributed by atoms with van der Waals surface area (Å²) in [4.78, 5) is 0. The first-order valence-electron chi connectivity index (χ1n) is 6.59. The molecule has 1 aliphatic rings. The first-order valence-corrected chi connectivity index (χ1v) is 6.59. The van der Waals surface area contributed by atoms with E-state index in [1.165, 1.54) is 19.2 Å². The fourth-order valence-corrected chi connectivity index (χ4v) is 2.07. The van der Waals surface area contributed by atoms with E-state index in [2.05, 4.69) is 0 Å². The zero-order valence-electron chi connectivity index (χ0n) is 12.7. The first-order chi connectivity index (χ1) is 9.48. The third-order valence-electron chi connectivity index (χ3n) is 4.06. The second-order valence-corrected chi connectivity index (χ2v) is 6.05. The van der Waals surface area contributed by atoms with Gasteiger partial charge in [0.15, 0.2) is 0 Å². The fraction of sp³-hybridized carbons (Fsp3) is 0.571. The quantitative estimate of drug-likeness (QED) is 0.786. The van der Waals surface area contributed by atoms with Crippen molar-refractivity contribution in [2.24, 2.45) is 0 Å². The SMILES string of the molecule is COc1cc(B2OC(C)(C)C(C)(C)O2)ccc1C(F)(F)F. The van der Waals surface area contributed by atoms with E-state index in [0.717, 1.165) is 6.07 Å². The molecule has 0 radical (unpaired) electrons. The molecule has 0 spiro atoms. The molecule has 2 rings (SSSR count). The third kappa shape index (κ3) is 2.89. The Morgan fingerprint density at radius 2 is 1.57 bits per heavy atom. The smallest absolute Gasteiger partial charge is 0.494 e. The van der Waals surface area contributed by atoms with Crippen molar-refractivity contribution in [1.29, 1.82) is 0 Å². The van der Waals surface area contributed by atoms with E-state index in [-0.39, 0.29) is 5.75 Å². The number of hydrogen-bond acceptors (Lipinski definition) is 3. The molecule has 7 heteroatoms. The third-order valence-corrected chi connectivity index (χ3v) is 4.06. The van der Waals surface area contributed by atoms with E-state index < -0.39 is 30.1 Å². The molecule has 1 fully saturated rings. The summed E-state index contributed by atoms with van der Waals surface area (Å²) < 4.78 is 55.0. The summed E-state index contributed by atoms with van der Waals surface area (Å²) in [6.07, 6.45) is -4.46. The van der Waals surface area contributed by atoms with Crippen molar-refractivity contribution in [3.63, 3.8) is 0 Å². The highest BCUT2D eigenvalue weighted by molar-refractivity contribution is 6.62. The zero-order valence-corrected chi connectivity index (χ0v) is 12.7. The highest BCUT2D eigenvalue weighted by Gasteiger charge is 2.52. The van der Waals surface area contributed by atoms with Crippen LogP contribution in [0.2, 0.25) is 0 Å². The van der Waals surface area contributed by atoms with Crippen molar-refractivity contribution in [3.05, 3.63) is 23.8 Å². The van der Waals surface area contributed by atoms with Crippen molar-refractivity contribution in [1.82, 2.24) is 0 Å². The normalized spacial score (nSPS) is 20.7. The van der Waals surface area contributed by atoms with Gasteiger partial charge in [-0.3, -0.25) is 0 Å². The lowest BCUT2D eigenvalue weighted by molar-refractivity contribution is -0.138. The van der Waals surface area contributed by atoms with E-state index in [9.17, 15) is 13.2 Å². The van der Waals surface area contributed by atoms with Crippen molar-refractivity contribution in [2.75, 3.05) is 7.11 Å². The lowest BCUT2D eigenvalue weighted by atomic mass is 9.78. The minimum Gasteiger partial charge on any atom is -0.496 e. The van der Waals surface area contributed by atoms with Crippen LogP contribution in [0.5, 0.6) is 5.75 Å². The van der Waals surface area contributed by atoms with E-state index in [1.54, 1.807) is 0 Å². The van der Waals surface area contributed by atoms with Gasteiger partial charge in [-0.2, -0.15) is 13.2 Å². The average Bonchev–Trinajstić information content (AvgIpc) is 2.56. The van der Waals surface area contributed by atoms with E-state index >= 15 is 0 Å². The monoisotopic (exact) mass is 302 g/mol. The summed E-state index contributed by atoms with van der Waals surface area (Å²) >= 11 is 0. The van der Waals surface area contributed by atoms with Crippen molar-refractivity contribution in [3.8, 4) is 5.75 Å². The molecule has 116 valence electrons. The molecule has 0 amide bonds. The lowest BCUT2D eigenvalue weighted by Gasteiger charge is -2.32. The van der Waals surface area contributed by atoms with Gasteiger partial charge in [-0.05, 0) is 45.3 Å². The van der Waals surface area contributed by atoms with Crippen LogP contribution in [-0.4, -0.2) is 25.4 Å². The molecule has 1 aromatic rings. The van der Waals surface area contributed by atoms with Crippen LogP contribution < -0.4 is 10.2 Å². The van der Waals surface area contributed by atoms with E-state index in [0.29, 0.717) is 5.46 Å². The number of benzene rings is 1. The summed E-state index contributed by atoms with van der Waals surface area (Å²) in [5.74, 6) is -0.241. The fourth-order valence-electron chi connectivity index (χ4n) is 2.07. The van der Waals surface area contributed by atoms with Crippen molar-refractivity contribution >= 4 is 12.6 Å². The molecule has 0 aliphatic carbocycles. The topological polar surface area (TPSA) is 27.7 Å². The molecule has 1 saturated heterocycles. The summed E-state index contributed by atoms with van der Waals surface area (Å²) in [7, 11) is 0.490. The second-order valence-electron chi connectivity index (χ2n) is 6.05. The van der Waals surface area contributed by atoms with Crippen LogP contribution in [0.25, 0.3) is 0 Å². The Hall–Kier alpha value is -1.21. The second kappa shape index (κ2) is 4.92. The van der Waals surface area contributed by atoms with E-state index in [4.69, 9.17) is 14.0 Å². The highest BCUT2D eigenvalue weighted by Crippen LogP contribution is 2.38. The maximum absolute atomic E-state index is 12.8. The Kier molecular flexibility index (Phi) is 3.79. The van der Waals surface area contributed by atoms with Crippen LogP contribution in [0.1, 0.15) is 33.3 Å². The maximum atomic E-state index is 12.8. The molecule has 0 unspecified atom stereocenters. The predicted molar refractivity (Wildman–Crippen MR) is 73.7 cm³/mol. The molecular weight excluding hydrogens is 284 g/mol. The predicted octanol–water partition coefficient (Wildman–Crippen LogP) is 3.01. The number of rotatable bonds is 2. The lowest BCUT2D eigenvalue weighted by Crippen LogP contribution is -2.41. The molecule has 1 heterocycles. The molecule has 0 aromatic heterocycles. The first kappa shape index (κ1) is 16.2. The minimum atomic E-state index is -4.46. The van der Waals surface area contributed by atoms with Gasteiger partial charge in [-0.1, -0.05) is 6.07 Å². The molecule has 0 atom stereocenters. The van der Waals surface area contributed by atoms with Crippen molar-refractivity contribution < 1.29 is 27.2 Å². The molecule has 0 saturated carbocycles. The van der Waals surface area contributed by atoms with Crippen molar-refractivity contribution in [2.45, 2.75) is 45.1 Å². The maximum Gasteiger partial charge on any atom is 0.494 e. The summed E-state index contributed by atoms with van der Waals surface area (Å²) in [6.45, 7) is 7.53. The molecule has 21 heavy (non-hydrogen) atoms. The highest BCUT2D eigenvalue weighted by atomic mass is 19.4. The van der Waals surface area contributed by atoms with Gasteiger partial charge < -0.3 is 14.0 Å². The molecule has 1 aromatic carbocycles. The van der Waals surface area contributed by atoms with Gasteiger partial charge in [0.2, 0.25) is 0 Å². The Morgan fingerprint density at radius 3 is 2.00 bits per heavy atom. The van der Waals surface area contributed by atoms with Gasteiger partial charge >= 0.3 is 13.3 Å². The van der Waals surface area contributed by atoms with E-state index in [1.807, 2.05) is 27.7 Å².